The van der Waals surface area contributed by atoms with Crippen LogP contribution >= 0.6 is 0 Å². The van der Waals surface area contributed by atoms with Gasteiger partial charge in [0.25, 0.3) is 5.91 Å². The van der Waals surface area contributed by atoms with Crippen molar-refractivity contribution in [2.24, 2.45) is 5.92 Å². The zero-order valence-corrected chi connectivity index (χ0v) is 15.1. The molecule has 1 saturated carbocycles. The zero-order valence-electron chi connectivity index (χ0n) is 15.1. The third kappa shape index (κ3) is 3.09. The second kappa shape index (κ2) is 6.76. The normalized spacial score (nSPS) is 22.3. The van der Waals surface area contributed by atoms with E-state index in [4.69, 9.17) is 9.15 Å². The zero-order chi connectivity index (χ0) is 18.3. The number of ether oxygens (including phenoxy) is 1. The minimum Gasteiger partial charge on any atom is -0.493 e. The van der Waals surface area contributed by atoms with Crippen molar-refractivity contribution in [1.29, 1.82) is 0 Å². The molecule has 2 aliphatic rings. The lowest BCUT2D eigenvalue weighted by Gasteiger charge is -2.38. The van der Waals surface area contributed by atoms with Gasteiger partial charge < -0.3 is 19.6 Å². The van der Waals surface area contributed by atoms with Gasteiger partial charge in [-0.15, -0.1) is 0 Å². The summed E-state index contributed by atoms with van der Waals surface area (Å²) in [6.07, 6.45) is 2.63. The molecule has 1 aliphatic carbocycles. The summed E-state index contributed by atoms with van der Waals surface area (Å²) < 4.78 is 11.2. The summed E-state index contributed by atoms with van der Waals surface area (Å²) in [5, 5.41) is 12.9. The topological polar surface area (TPSA) is 84.6 Å². The summed E-state index contributed by atoms with van der Waals surface area (Å²) >= 11 is 0. The number of fused-ring (bicyclic) bond motifs is 1. The highest BCUT2D eigenvalue weighted by Crippen LogP contribution is 2.40. The molecule has 6 heteroatoms. The number of aliphatic hydroxyl groups is 1. The largest absolute Gasteiger partial charge is 0.493 e. The van der Waals surface area contributed by atoms with Crippen LogP contribution in [0.3, 0.4) is 0 Å². The first-order valence-corrected chi connectivity index (χ1v) is 9.26. The molecule has 2 N–H and O–H groups in total. The summed E-state index contributed by atoms with van der Waals surface area (Å²) in [5.74, 6) is 1.72. The van der Waals surface area contributed by atoms with Gasteiger partial charge in [0.15, 0.2) is 5.89 Å². The number of hydrogen-bond acceptors (Lipinski definition) is 5. The van der Waals surface area contributed by atoms with Crippen LogP contribution in [0.1, 0.15) is 59.1 Å². The van der Waals surface area contributed by atoms with Crippen molar-refractivity contribution in [2.75, 3.05) is 6.61 Å². The van der Waals surface area contributed by atoms with Gasteiger partial charge in [-0.1, -0.05) is 13.0 Å². The smallest absolute Gasteiger partial charge is 0.289 e. The first kappa shape index (κ1) is 17.1. The SMILES string of the molecule is CCc1nc(C)c(C(=O)NC(c2ccc3c(c2)CCO3)C2CC(O)C2)o1. The molecule has 1 aromatic carbocycles. The third-order valence-corrected chi connectivity index (χ3v) is 5.33. The maximum atomic E-state index is 12.8. The van der Waals surface area contributed by atoms with Gasteiger partial charge in [-0.25, -0.2) is 4.98 Å². The highest BCUT2D eigenvalue weighted by Gasteiger charge is 2.37. The van der Waals surface area contributed by atoms with Gasteiger partial charge in [0, 0.05) is 12.8 Å². The van der Waals surface area contributed by atoms with E-state index in [0.717, 1.165) is 17.7 Å². The first-order chi connectivity index (χ1) is 12.5. The molecule has 6 nitrogen and oxygen atoms in total. The quantitative estimate of drug-likeness (QED) is 0.860. The van der Waals surface area contributed by atoms with E-state index in [1.165, 1.54) is 5.56 Å². The molecule has 0 bridgehead atoms. The van der Waals surface area contributed by atoms with E-state index < -0.39 is 0 Å². The number of aliphatic hydroxyl groups excluding tert-OH is 1. The van der Waals surface area contributed by atoms with Crippen LogP contribution in [0.25, 0.3) is 0 Å². The highest BCUT2D eigenvalue weighted by atomic mass is 16.5. The fourth-order valence-corrected chi connectivity index (χ4v) is 3.80. The Bertz CT molecular complexity index is 823. The van der Waals surface area contributed by atoms with Crippen molar-refractivity contribution >= 4 is 5.91 Å². The summed E-state index contributed by atoms with van der Waals surface area (Å²) in [6, 6.07) is 5.93. The Morgan fingerprint density at radius 1 is 1.42 bits per heavy atom. The van der Waals surface area contributed by atoms with Crippen LogP contribution < -0.4 is 10.1 Å². The molecule has 2 heterocycles. The summed E-state index contributed by atoms with van der Waals surface area (Å²) in [7, 11) is 0. The summed E-state index contributed by atoms with van der Waals surface area (Å²) in [5.41, 5.74) is 2.83. The van der Waals surface area contributed by atoms with Crippen molar-refractivity contribution in [2.45, 2.75) is 51.7 Å². The fraction of sp³-hybridized carbons (Fsp3) is 0.500. The lowest BCUT2D eigenvalue weighted by atomic mass is 9.75. The standard InChI is InChI=1S/C20H24N2O4/c1-3-17-21-11(2)19(26-17)20(24)22-18(14-9-15(23)10-14)13-4-5-16-12(8-13)6-7-25-16/h4-5,8,14-15,18,23H,3,6-7,9-10H2,1-2H3,(H,22,24). The van der Waals surface area contributed by atoms with Crippen molar-refractivity contribution in [3.8, 4) is 5.75 Å². The molecule has 138 valence electrons. The molecule has 1 atom stereocenters. The number of amides is 1. The summed E-state index contributed by atoms with van der Waals surface area (Å²) in [4.78, 5) is 17.1. The number of hydrogen-bond donors (Lipinski definition) is 2. The monoisotopic (exact) mass is 356 g/mol. The number of aryl methyl sites for hydroxylation is 2. The average Bonchev–Trinajstić information content (AvgIpc) is 3.22. The molecule has 0 saturated heterocycles. The predicted octanol–water partition coefficient (Wildman–Crippen LogP) is 2.72. The Kier molecular flexibility index (Phi) is 4.44. The second-order valence-corrected chi connectivity index (χ2v) is 7.18. The minimum atomic E-state index is -0.282. The van der Waals surface area contributed by atoms with Crippen LogP contribution in [0.5, 0.6) is 5.75 Å². The molecule has 2 aromatic rings. The van der Waals surface area contributed by atoms with E-state index in [0.29, 0.717) is 37.5 Å². The molecule has 1 fully saturated rings. The van der Waals surface area contributed by atoms with Gasteiger partial charge in [-0.05, 0) is 48.9 Å². The lowest BCUT2D eigenvalue weighted by molar-refractivity contribution is 0.0232. The van der Waals surface area contributed by atoms with Crippen LogP contribution in [-0.2, 0) is 12.8 Å². The molecule has 1 unspecified atom stereocenters. The number of rotatable bonds is 5. The van der Waals surface area contributed by atoms with Crippen LogP contribution in [0, 0.1) is 12.8 Å². The van der Waals surface area contributed by atoms with Crippen molar-refractivity contribution in [3.63, 3.8) is 0 Å². The average molecular weight is 356 g/mol. The molecular formula is C20H24N2O4. The Balaban J connectivity index is 1.59. The Hall–Kier alpha value is -2.34. The second-order valence-electron chi connectivity index (χ2n) is 7.18. The molecular weight excluding hydrogens is 332 g/mol. The predicted molar refractivity (Wildman–Crippen MR) is 95.2 cm³/mol. The van der Waals surface area contributed by atoms with E-state index in [-0.39, 0.29) is 29.7 Å². The molecule has 26 heavy (non-hydrogen) atoms. The van der Waals surface area contributed by atoms with Crippen LogP contribution in [0.2, 0.25) is 0 Å². The number of benzene rings is 1. The number of aromatic nitrogens is 1. The number of carbonyl (C=O) groups excluding carboxylic acids is 1. The van der Waals surface area contributed by atoms with Crippen molar-refractivity contribution < 1.29 is 19.1 Å². The maximum Gasteiger partial charge on any atom is 0.289 e. The fourth-order valence-electron chi connectivity index (χ4n) is 3.80. The third-order valence-electron chi connectivity index (χ3n) is 5.33. The van der Waals surface area contributed by atoms with E-state index >= 15 is 0 Å². The van der Waals surface area contributed by atoms with E-state index in [1.54, 1.807) is 6.92 Å². The molecule has 1 aliphatic heterocycles. The Morgan fingerprint density at radius 3 is 2.92 bits per heavy atom. The lowest BCUT2D eigenvalue weighted by Crippen LogP contribution is -2.41. The van der Waals surface area contributed by atoms with Gasteiger partial charge in [0.05, 0.1) is 24.4 Å². The molecule has 0 radical (unpaired) electrons. The van der Waals surface area contributed by atoms with Gasteiger partial charge in [0.1, 0.15) is 5.75 Å². The Labute approximate surface area is 152 Å². The van der Waals surface area contributed by atoms with Crippen molar-refractivity contribution in [3.05, 3.63) is 46.7 Å². The van der Waals surface area contributed by atoms with E-state index in [9.17, 15) is 9.90 Å². The minimum absolute atomic E-state index is 0.161. The number of nitrogens with one attached hydrogen (secondary N) is 1. The van der Waals surface area contributed by atoms with E-state index in [1.807, 2.05) is 19.1 Å². The molecule has 0 spiro atoms. The highest BCUT2D eigenvalue weighted by molar-refractivity contribution is 5.92. The summed E-state index contributed by atoms with van der Waals surface area (Å²) in [6.45, 7) is 4.43. The van der Waals surface area contributed by atoms with Crippen LogP contribution in [0.4, 0.5) is 0 Å². The Morgan fingerprint density at radius 2 is 2.23 bits per heavy atom. The maximum absolute atomic E-state index is 12.8. The van der Waals surface area contributed by atoms with Gasteiger partial charge in [-0.2, -0.15) is 0 Å². The molecule has 1 amide bonds. The first-order valence-electron chi connectivity index (χ1n) is 9.26. The van der Waals surface area contributed by atoms with Crippen LogP contribution in [-0.4, -0.2) is 28.7 Å². The van der Waals surface area contributed by atoms with Gasteiger partial charge >= 0.3 is 0 Å². The number of carbonyl (C=O) groups is 1. The van der Waals surface area contributed by atoms with Crippen LogP contribution in [0.15, 0.2) is 22.6 Å². The van der Waals surface area contributed by atoms with Gasteiger partial charge in [0.2, 0.25) is 5.76 Å². The van der Waals surface area contributed by atoms with Crippen molar-refractivity contribution in [1.82, 2.24) is 10.3 Å². The molecule has 1 aromatic heterocycles. The number of oxazole rings is 1. The van der Waals surface area contributed by atoms with Gasteiger partial charge in [-0.3, -0.25) is 4.79 Å². The van der Waals surface area contributed by atoms with E-state index in [2.05, 4.69) is 16.4 Å². The number of nitrogens with zero attached hydrogens (tertiary/aromatic N) is 1. The molecule has 4 rings (SSSR count).